The zero-order valence-electron chi connectivity index (χ0n) is 17.5. The second-order valence-electron chi connectivity index (χ2n) is 7.51. The highest BCUT2D eigenvalue weighted by atomic mass is 16.7. The first-order valence-electron chi connectivity index (χ1n) is 9.88. The number of carboxylic acids is 1. The number of aliphatic hydroxyl groups excluding tert-OH is 3. The molecule has 1 aliphatic rings. The third kappa shape index (κ3) is 3.99. The highest BCUT2D eigenvalue weighted by Crippen LogP contribution is 2.36. The van der Waals surface area contributed by atoms with E-state index in [9.17, 15) is 35.1 Å². The van der Waals surface area contributed by atoms with Crippen molar-refractivity contribution in [1.82, 2.24) is 0 Å². The summed E-state index contributed by atoms with van der Waals surface area (Å²) in [6, 6.07) is 8.33. The molecule has 0 bridgehead atoms. The Kier molecular flexibility index (Phi) is 6.06. The first kappa shape index (κ1) is 23.3. The maximum absolute atomic E-state index is 12.7. The molecule has 2 heterocycles. The van der Waals surface area contributed by atoms with E-state index in [0.717, 1.165) is 12.1 Å². The van der Waals surface area contributed by atoms with Gasteiger partial charge in [-0.15, -0.1) is 0 Å². The minimum atomic E-state index is -1.91. The van der Waals surface area contributed by atoms with E-state index in [0.29, 0.717) is 11.3 Å². The predicted octanol–water partition coefficient (Wildman–Crippen LogP) is 0.151. The summed E-state index contributed by atoms with van der Waals surface area (Å²) in [7, 11) is 1.47. The SMILES string of the molecule is COc1ccc(-c2oc3cc(O[C@@H]4O[C@H](C(=O)O)[C@@H](O)[C@H](O)[C@H]4O)cc(O)c3c(=O)c2O)cc1. The molecule has 1 saturated heterocycles. The van der Waals surface area contributed by atoms with E-state index in [-0.39, 0.29) is 22.5 Å². The summed E-state index contributed by atoms with van der Waals surface area (Å²) in [6.45, 7) is 0. The van der Waals surface area contributed by atoms with Crippen LogP contribution < -0.4 is 14.9 Å². The Morgan fingerprint density at radius 3 is 2.26 bits per heavy atom. The van der Waals surface area contributed by atoms with Crippen LogP contribution in [-0.4, -0.2) is 74.4 Å². The van der Waals surface area contributed by atoms with Crippen LogP contribution in [0, 0.1) is 0 Å². The number of ether oxygens (including phenoxy) is 3. The highest BCUT2D eigenvalue weighted by Gasteiger charge is 2.48. The third-order valence-electron chi connectivity index (χ3n) is 5.34. The van der Waals surface area contributed by atoms with Gasteiger partial charge in [0.05, 0.1) is 7.11 Å². The van der Waals surface area contributed by atoms with Crippen LogP contribution in [0.4, 0.5) is 0 Å². The van der Waals surface area contributed by atoms with Gasteiger partial charge in [0.25, 0.3) is 0 Å². The number of methoxy groups -OCH3 is 1. The Labute approximate surface area is 190 Å². The zero-order valence-corrected chi connectivity index (χ0v) is 17.5. The molecule has 12 heteroatoms. The smallest absolute Gasteiger partial charge is 0.335 e. The molecule has 0 unspecified atom stereocenters. The second kappa shape index (κ2) is 8.83. The number of aromatic hydroxyl groups is 2. The number of phenolic OH excluding ortho intramolecular Hbond substituents is 1. The van der Waals surface area contributed by atoms with E-state index in [1.165, 1.54) is 19.2 Å². The van der Waals surface area contributed by atoms with Crippen LogP contribution in [0.15, 0.2) is 45.6 Å². The summed E-state index contributed by atoms with van der Waals surface area (Å²) >= 11 is 0. The molecule has 3 aromatic rings. The van der Waals surface area contributed by atoms with Crippen LogP contribution >= 0.6 is 0 Å². The molecule has 0 aliphatic carbocycles. The molecule has 0 saturated carbocycles. The number of hydrogen-bond donors (Lipinski definition) is 6. The van der Waals surface area contributed by atoms with Gasteiger partial charge in [0.15, 0.2) is 11.9 Å². The fourth-order valence-electron chi connectivity index (χ4n) is 3.55. The molecule has 6 N–H and O–H groups in total. The number of carboxylic acid groups (broad SMARTS) is 1. The minimum absolute atomic E-state index is 0.199. The van der Waals surface area contributed by atoms with Crippen molar-refractivity contribution in [3.05, 3.63) is 46.6 Å². The number of benzene rings is 2. The number of phenols is 1. The molecule has 0 radical (unpaired) electrons. The Balaban J connectivity index is 1.74. The summed E-state index contributed by atoms with van der Waals surface area (Å²) < 4.78 is 21.2. The fourth-order valence-corrected chi connectivity index (χ4v) is 3.55. The lowest BCUT2D eigenvalue weighted by molar-refractivity contribution is -0.271. The van der Waals surface area contributed by atoms with Crippen molar-refractivity contribution in [2.45, 2.75) is 30.7 Å². The molecule has 180 valence electrons. The topological polar surface area (TPSA) is 196 Å². The van der Waals surface area contributed by atoms with Crippen LogP contribution in [0.25, 0.3) is 22.3 Å². The lowest BCUT2D eigenvalue weighted by Gasteiger charge is -2.38. The number of hydrogen-bond acceptors (Lipinski definition) is 11. The van der Waals surface area contributed by atoms with E-state index in [2.05, 4.69) is 0 Å². The molecule has 1 aromatic heterocycles. The van der Waals surface area contributed by atoms with Gasteiger partial charge in [0, 0.05) is 17.7 Å². The van der Waals surface area contributed by atoms with Crippen molar-refractivity contribution in [3.63, 3.8) is 0 Å². The van der Waals surface area contributed by atoms with Gasteiger partial charge in [-0.3, -0.25) is 4.79 Å². The average molecular weight is 476 g/mol. The van der Waals surface area contributed by atoms with Crippen molar-refractivity contribution < 1.29 is 54.1 Å². The molecule has 1 aliphatic heterocycles. The lowest BCUT2D eigenvalue weighted by Crippen LogP contribution is -2.61. The normalized spacial score (nSPS) is 24.6. The predicted molar refractivity (Wildman–Crippen MR) is 113 cm³/mol. The molecule has 12 nitrogen and oxygen atoms in total. The lowest BCUT2D eigenvalue weighted by atomic mass is 9.99. The number of aliphatic hydroxyl groups is 3. The van der Waals surface area contributed by atoms with Crippen LogP contribution in [0.1, 0.15) is 0 Å². The van der Waals surface area contributed by atoms with Gasteiger partial charge < -0.3 is 49.3 Å². The Bertz CT molecular complexity index is 1280. The van der Waals surface area contributed by atoms with Crippen molar-refractivity contribution in [1.29, 1.82) is 0 Å². The van der Waals surface area contributed by atoms with Crippen molar-refractivity contribution in [2.24, 2.45) is 0 Å². The van der Waals surface area contributed by atoms with E-state index in [1.807, 2.05) is 0 Å². The second-order valence-corrected chi connectivity index (χ2v) is 7.51. The maximum atomic E-state index is 12.7. The fraction of sp³-hybridized carbons (Fsp3) is 0.273. The first-order chi connectivity index (χ1) is 16.1. The summed E-state index contributed by atoms with van der Waals surface area (Å²) in [6.07, 6.45) is -9.30. The van der Waals surface area contributed by atoms with Crippen LogP contribution in [0.5, 0.6) is 23.0 Å². The Morgan fingerprint density at radius 1 is 0.971 bits per heavy atom. The molecule has 0 amide bonds. The number of rotatable bonds is 5. The molecule has 0 spiro atoms. The third-order valence-corrected chi connectivity index (χ3v) is 5.34. The number of aliphatic carboxylic acids is 1. The summed E-state index contributed by atoms with van der Waals surface area (Å²) in [5, 5.41) is 59.4. The van der Waals surface area contributed by atoms with E-state index >= 15 is 0 Å². The van der Waals surface area contributed by atoms with Crippen LogP contribution in [0.2, 0.25) is 0 Å². The Hall–Kier alpha value is -3.84. The van der Waals surface area contributed by atoms with E-state index in [1.54, 1.807) is 12.1 Å². The van der Waals surface area contributed by atoms with Gasteiger partial charge in [0.1, 0.15) is 46.5 Å². The monoisotopic (exact) mass is 476 g/mol. The largest absolute Gasteiger partial charge is 0.507 e. The molecule has 1 fully saturated rings. The van der Waals surface area contributed by atoms with Crippen molar-refractivity contribution in [3.8, 4) is 34.3 Å². The van der Waals surface area contributed by atoms with E-state index < -0.39 is 53.6 Å². The van der Waals surface area contributed by atoms with Crippen LogP contribution in [-0.2, 0) is 9.53 Å². The van der Waals surface area contributed by atoms with Gasteiger partial charge in [0.2, 0.25) is 17.5 Å². The summed E-state index contributed by atoms with van der Waals surface area (Å²) in [5.74, 6) is -2.88. The molecule has 34 heavy (non-hydrogen) atoms. The molecule has 2 aromatic carbocycles. The zero-order chi connectivity index (χ0) is 24.7. The number of carbonyl (C=O) groups is 1. The average Bonchev–Trinajstić information content (AvgIpc) is 2.81. The van der Waals surface area contributed by atoms with Crippen LogP contribution in [0.3, 0.4) is 0 Å². The van der Waals surface area contributed by atoms with Crippen molar-refractivity contribution >= 4 is 16.9 Å². The summed E-state index contributed by atoms with van der Waals surface area (Å²) in [4.78, 5) is 24.0. The number of fused-ring (bicyclic) bond motifs is 1. The maximum Gasteiger partial charge on any atom is 0.335 e. The van der Waals surface area contributed by atoms with Gasteiger partial charge in [-0.25, -0.2) is 4.79 Å². The molecular weight excluding hydrogens is 456 g/mol. The first-order valence-corrected chi connectivity index (χ1v) is 9.88. The molecule has 5 atom stereocenters. The highest BCUT2D eigenvalue weighted by molar-refractivity contribution is 5.88. The summed E-state index contributed by atoms with van der Waals surface area (Å²) in [5.41, 5.74) is -0.797. The minimum Gasteiger partial charge on any atom is -0.507 e. The van der Waals surface area contributed by atoms with Gasteiger partial charge in [-0.1, -0.05) is 0 Å². The quantitative estimate of drug-likeness (QED) is 0.292. The molecular formula is C22H20O12. The van der Waals surface area contributed by atoms with Crippen molar-refractivity contribution in [2.75, 3.05) is 7.11 Å². The molecule has 4 rings (SSSR count). The van der Waals surface area contributed by atoms with Gasteiger partial charge >= 0.3 is 5.97 Å². The van der Waals surface area contributed by atoms with Gasteiger partial charge in [-0.2, -0.15) is 0 Å². The standard InChI is InChI=1S/C22H20O12/c1-31-9-4-2-8(3-5-9)19-16(26)14(24)13-11(23)6-10(7-12(13)33-19)32-22-18(28)15(25)17(27)20(34-22)21(29)30/h2-7,15,17-18,20,22-23,25-28H,1H3,(H,29,30)/t15-,17-,18+,20-,22+/m0/s1. The van der Waals surface area contributed by atoms with E-state index in [4.69, 9.17) is 23.7 Å². The van der Waals surface area contributed by atoms with Gasteiger partial charge in [-0.05, 0) is 24.3 Å². The Morgan fingerprint density at radius 2 is 1.65 bits per heavy atom.